The normalized spacial score (nSPS) is 11.0. The standard InChI is InChI=1S/C15H18O2/c1-4-6-12-10(3)7-8-13-11(5-2)9-14(16)17-15(12)13/h7-9H,4-6H2,1-3H3. The lowest BCUT2D eigenvalue weighted by atomic mass is 9.98. The summed E-state index contributed by atoms with van der Waals surface area (Å²) in [6.07, 6.45) is 2.87. The largest absolute Gasteiger partial charge is 0.422 e. The van der Waals surface area contributed by atoms with E-state index in [2.05, 4.69) is 32.9 Å². The summed E-state index contributed by atoms with van der Waals surface area (Å²) in [7, 11) is 0. The van der Waals surface area contributed by atoms with E-state index in [9.17, 15) is 4.79 Å². The van der Waals surface area contributed by atoms with E-state index in [1.807, 2.05) is 0 Å². The van der Waals surface area contributed by atoms with Gasteiger partial charge >= 0.3 is 5.63 Å². The highest BCUT2D eigenvalue weighted by atomic mass is 16.4. The third-order valence-corrected chi connectivity index (χ3v) is 3.22. The van der Waals surface area contributed by atoms with Crippen molar-refractivity contribution in [3.8, 4) is 0 Å². The first-order chi connectivity index (χ1) is 8.17. The number of hydrogen-bond acceptors (Lipinski definition) is 2. The van der Waals surface area contributed by atoms with Gasteiger partial charge in [0.15, 0.2) is 0 Å². The second kappa shape index (κ2) is 4.74. The molecule has 0 aliphatic heterocycles. The summed E-state index contributed by atoms with van der Waals surface area (Å²) in [6, 6.07) is 5.78. The van der Waals surface area contributed by atoms with Gasteiger partial charge in [0.2, 0.25) is 0 Å². The van der Waals surface area contributed by atoms with Crippen molar-refractivity contribution in [1.29, 1.82) is 0 Å². The maximum atomic E-state index is 11.6. The van der Waals surface area contributed by atoms with E-state index >= 15 is 0 Å². The molecule has 1 heterocycles. The van der Waals surface area contributed by atoms with Gasteiger partial charge in [0.05, 0.1) is 0 Å². The minimum absolute atomic E-state index is 0.239. The Kier molecular flexibility index (Phi) is 3.32. The van der Waals surface area contributed by atoms with Gasteiger partial charge in [-0.15, -0.1) is 0 Å². The van der Waals surface area contributed by atoms with Crippen LogP contribution in [0.2, 0.25) is 0 Å². The maximum absolute atomic E-state index is 11.6. The zero-order chi connectivity index (χ0) is 12.4. The Morgan fingerprint density at radius 2 is 2.00 bits per heavy atom. The summed E-state index contributed by atoms with van der Waals surface area (Å²) in [5.74, 6) is 0. The van der Waals surface area contributed by atoms with E-state index in [0.717, 1.165) is 35.8 Å². The predicted octanol–water partition coefficient (Wildman–Crippen LogP) is 3.62. The van der Waals surface area contributed by atoms with Crippen LogP contribution in [0, 0.1) is 6.92 Å². The van der Waals surface area contributed by atoms with Crippen LogP contribution in [-0.4, -0.2) is 0 Å². The molecule has 2 aromatic rings. The molecule has 0 saturated carbocycles. The topological polar surface area (TPSA) is 30.2 Å². The van der Waals surface area contributed by atoms with E-state index in [1.54, 1.807) is 6.07 Å². The lowest BCUT2D eigenvalue weighted by Crippen LogP contribution is -2.02. The molecule has 0 spiro atoms. The zero-order valence-electron chi connectivity index (χ0n) is 10.7. The van der Waals surface area contributed by atoms with E-state index in [-0.39, 0.29) is 5.63 Å². The van der Waals surface area contributed by atoms with Gasteiger partial charge in [-0.3, -0.25) is 0 Å². The Morgan fingerprint density at radius 3 is 2.65 bits per heavy atom. The van der Waals surface area contributed by atoms with Crippen molar-refractivity contribution in [2.75, 3.05) is 0 Å². The molecule has 0 aliphatic carbocycles. The SMILES string of the molecule is CCCc1c(C)ccc2c(CC)cc(=O)oc12. The summed E-state index contributed by atoms with van der Waals surface area (Å²) in [4.78, 5) is 11.6. The van der Waals surface area contributed by atoms with E-state index in [4.69, 9.17) is 4.42 Å². The van der Waals surface area contributed by atoms with Crippen LogP contribution in [0.4, 0.5) is 0 Å². The molecule has 0 aliphatic rings. The highest BCUT2D eigenvalue weighted by Gasteiger charge is 2.10. The second-order valence-corrected chi connectivity index (χ2v) is 4.43. The number of fused-ring (bicyclic) bond motifs is 1. The molecule has 17 heavy (non-hydrogen) atoms. The Labute approximate surface area is 101 Å². The van der Waals surface area contributed by atoms with Gasteiger partial charge in [-0.1, -0.05) is 32.4 Å². The van der Waals surface area contributed by atoms with Crippen LogP contribution in [-0.2, 0) is 12.8 Å². The lowest BCUT2D eigenvalue weighted by Gasteiger charge is -2.10. The van der Waals surface area contributed by atoms with E-state index < -0.39 is 0 Å². The molecule has 2 nitrogen and oxygen atoms in total. The Balaban J connectivity index is 2.83. The van der Waals surface area contributed by atoms with Gasteiger partial charge in [0.25, 0.3) is 0 Å². The average Bonchev–Trinajstić information content (AvgIpc) is 2.32. The molecule has 1 aromatic heterocycles. The number of hydrogen-bond donors (Lipinski definition) is 0. The van der Waals surface area contributed by atoms with Crippen molar-refractivity contribution >= 4 is 11.0 Å². The monoisotopic (exact) mass is 230 g/mol. The van der Waals surface area contributed by atoms with Crippen LogP contribution >= 0.6 is 0 Å². The first kappa shape index (κ1) is 11.9. The van der Waals surface area contributed by atoms with Gasteiger partial charge in [0, 0.05) is 11.5 Å². The molecule has 0 radical (unpaired) electrons. The zero-order valence-corrected chi connectivity index (χ0v) is 10.7. The summed E-state index contributed by atoms with van der Waals surface area (Å²) < 4.78 is 5.41. The molecule has 0 fully saturated rings. The smallest absolute Gasteiger partial charge is 0.336 e. The third-order valence-electron chi connectivity index (χ3n) is 3.22. The average molecular weight is 230 g/mol. The van der Waals surface area contributed by atoms with Crippen LogP contribution < -0.4 is 5.63 Å². The molecular formula is C15H18O2. The van der Waals surface area contributed by atoms with Crippen molar-refractivity contribution in [3.05, 3.63) is 45.3 Å². The molecule has 0 saturated heterocycles. The molecule has 0 bridgehead atoms. The summed E-state index contributed by atoms with van der Waals surface area (Å²) in [5.41, 5.74) is 4.01. The van der Waals surface area contributed by atoms with E-state index in [0.29, 0.717) is 0 Å². The van der Waals surface area contributed by atoms with Crippen molar-refractivity contribution < 1.29 is 4.42 Å². The molecule has 0 atom stereocenters. The minimum atomic E-state index is -0.239. The van der Waals surface area contributed by atoms with Gasteiger partial charge in [-0.2, -0.15) is 0 Å². The summed E-state index contributed by atoms with van der Waals surface area (Å²) in [6.45, 7) is 6.27. The van der Waals surface area contributed by atoms with Gasteiger partial charge < -0.3 is 4.42 Å². The number of benzene rings is 1. The Morgan fingerprint density at radius 1 is 1.24 bits per heavy atom. The number of rotatable bonds is 3. The van der Waals surface area contributed by atoms with Crippen molar-refractivity contribution in [2.45, 2.75) is 40.0 Å². The summed E-state index contributed by atoms with van der Waals surface area (Å²) in [5, 5.41) is 1.08. The molecular weight excluding hydrogens is 212 g/mol. The highest BCUT2D eigenvalue weighted by Crippen LogP contribution is 2.25. The second-order valence-electron chi connectivity index (χ2n) is 4.43. The quantitative estimate of drug-likeness (QED) is 0.754. The molecule has 90 valence electrons. The predicted molar refractivity (Wildman–Crippen MR) is 70.6 cm³/mol. The molecule has 1 aromatic carbocycles. The fourth-order valence-corrected chi connectivity index (χ4v) is 2.30. The first-order valence-corrected chi connectivity index (χ1v) is 6.22. The number of aryl methyl sites for hydroxylation is 3. The Hall–Kier alpha value is -1.57. The maximum Gasteiger partial charge on any atom is 0.336 e. The van der Waals surface area contributed by atoms with Gasteiger partial charge in [-0.25, -0.2) is 4.79 Å². The van der Waals surface area contributed by atoms with Gasteiger partial charge in [-0.05, 0) is 36.5 Å². The van der Waals surface area contributed by atoms with Gasteiger partial charge in [0.1, 0.15) is 5.58 Å². The molecule has 0 N–H and O–H groups in total. The molecule has 0 amide bonds. The minimum Gasteiger partial charge on any atom is -0.422 e. The molecule has 2 heteroatoms. The summed E-state index contributed by atoms with van der Waals surface area (Å²) >= 11 is 0. The first-order valence-electron chi connectivity index (χ1n) is 6.22. The fourth-order valence-electron chi connectivity index (χ4n) is 2.30. The van der Waals surface area contributed by atoms with Crippen LogP contribution in [0.3, 0.4) is 0 Å². The molecule has 0 unspecified atom stereocenters. The third kappa shape index (κ3) is 2.12. The van der Waals surface area contributed by atoms with Crippen molar-refractivity contribution in [3.63, 3.8) is 0 Å². The highest BCUT2D eigenvalue weighted by molar-refractivity contribution is 5.84. The lowest BCUT2D eigenvalue weighted by molar-refractivity contribution is 0.554. The molecule has 2 rings (SSSR count). The van der Waals surface area contributed by atoms with Crippen LogP contribution in [0.5, 0.6) is 0 Å². The van der Waals surface area contributed by atoms with Crippen molar-refractivity contribution in [1.82, 2.24) is 0 Å². The fraction of sp³-hybridized carbons (Fsp3) is 0.400. The van der Waals surface area contributed by atoms with Crippen LogP contribution in [0.25, 0.3) is 11.0 Å². The van der Waals surface area contributed by atoms with E-state index in [1.165, 1.54) is 11.1 Å². The van der Waals surface area contributed by atoms with Crippen molar-refractivity contribution in [2.24, 2.45) is 0 Å². The Bertz CT molecular complexity index is 594. The van der Waals surface area contributed by atoms with Crippen LogP contribution in [0.1, 0.15) is 37.0 Å². The van der Waals surface area contributed by atoms with Crippen LogP contribution in [0.15, 0.2) is 27.4 Å².